The average Bonchev–Trinajstić information content (AvgIpc) is 2.53. The van der Waals surface area contributed by atoms with Gasteiger partial charge in [0.15, 0.2) is 0 Å². The van der Waals surface area contributed by atoms with Crippen molar-refractivity contribution in [3.63, 3.8) is 0 Å². The molecule has 2 heterocycles. The summed E-state index contributed by atoms with van der Waals surface area (Å²) in [4.78, 5) is 13.9. The molecule has 2 aliphatic rings. The largest absolute Gasteiger partial charge is 0.445 e. The first-order valence-corrected chi connectivity index (χ1v) is 8.09. The predicted octanol–water partition coefficient (Wildman–Crippen LogP) is 2.45. The molecular formula is C17H25ClN2O3. The van der Waals surface area contributed by atoms with Crippen LogP contribution >= 0.6 is 12.4 Å². The first kappa shape index (κ1) is 18.0. The van der Waals surface area contributed by atoms with Crippen LogP contribution in [0.1, 0.15) is 18.4 Å². The number of halogens is 1. The minimum Gasteiger partial charge on any atom is -0.445 e. The predicted molar refractivity (Wildman–Crippen MR) is 90.8 cm³/mol. The van der Waals surface area contributed by atoms with Gasteiger partial charge in [-0.15, -0.1) is 12.4 Å². The summed E-state index contributed by atoms with van der Waals surface area (Å²) < 4.78 is 11.2. The van der Waals surface area contributed by atoms with Crippen LogP contribution in [-0.4, -0.2) is 49.9 Å². The van der Waals surface area contributed by atoms with Gasteiger partial charge >= 0.3 is 6.09 Å². The van der Waals surface area contributed by atoms with Crippen LogP contribution in [0.2, 0.25) is 0 Å². The van der Waals surface area contributed by atoms with Crippen LogP contribution < -0.4 is 5.32 Å². The number of benzene rings is 1. The molecule has 23 heavy (non-hydrogen) atoms. The highest BCUT2D eigenvalue weighted by molar-refractivity contribution is 5.85. The van der Waals surface area contributed by atoms with E-state index in [1.807, 2.05) is 35.2 Å². The Labute approximate surface area is 143 Å². The molecule has 1 amide bonds. The van der Waals surface area contributed by atoms with Crippen molar-refractivity contribution in [3.8, 4) is 0 Å². The van der Waals surface area contributed by atoms with E-state index < -0.39 is 0 Å². The van der Waals surface area contributed by atoms with Crippen LogP contribution in [0.3, 0.4) is 0 Å². The third-order valence-electron chi connectivity index (χ3n) is 4.39. The molecule has 2 fully saturated rings. The molecular weight excluding hydrogens is 316 g/mol. The molecule has 1 N–H and O–H groups in total. The Morgan fingerprint density at radius 3 is 2.48 bits per heavy atom. The summed E-state index contributed by atoms with van der Waals surface area (Å²) in [5.74, 6) is 0.568. The van der Waals surface area contributed by atoms with Crippen LogP contribution in [0.25, 0.3) is 0 Å². The molecule has 0 unspecified atom stereocenters. The SMILES string of the molecule is Cl.O=C(OCc1ccccc1)N1CCC(COC2CNC2)CC1. The maximum absolute atomic E-state index is 12.1. The van der Waals surface area contributed by atoms with E-state index in [9.17, 15) is 4.79 Å². The first-order valence-electron chi connectivity index (χ1n) is 8.09. The Kier molecular flexibility index (Phi) is 7.15. The topological polar surface area (TPSA) is 50.8 Å². The molecule has 1 aromatic carbocycles. The van der Waals surface area contributed by atoms with E-state index in [-0.39, 0.29) is 18.5 Å². The molecule has 128 valence electrons. The Morgan fingerprint density at radius 2 is 1.87 bits per heavy atom. The third-order valence-corrected chi connectivity index (χ3v) is 4.39. The zero-order chi connectivity index (χ0) is 15.2. The molecule has 0 aliphatic carbocycles. The molecule has 5 nitrogen and oxygen atoms in total. The summed E-state index contributed by atoms with van der Waals surface area (Å²) in [5.41, 5.74) is 1.02. The van der Waals surface area contributed by atoms with E-state index in [0.29, 0.717) is 18.6 Å². The fraction of sp³-hybridized carbons (Fsp3) is 0.588. The second-order valence-electron chi connectivity index (χ2n) is 6.08. The molecule has 0 spiro atoms. The Hall–Kier alpha value is -1.30. The van der Waals surface area contributed by atoms with E-state index in [1.165, 1.54) is 0 Å². The fourth-order valence-electron chi connectivity index (χ4n) is 2.75. The molecule has 0 bridgehead atoms. The van der Waals surface area contributed by atoms with E-state index in [2.05, 4.69) is 5.32 Å². The zero-order valence-corrected chi connectivity index (χ0v) is 14.1. The zero-order valence-electron chi connectivity index (χ0n) is 13.3. The second-order valence-corrected chi connectivity index (χ2v) is 6.08. The molecule has 2 saturated heterocycles. The Bertz CT molecular complexity index is 474. The second kappa shape index (κ2) is 9.11. The van der Waals surface area contributed by atoms with E-state index in [4.69, 9.17) is 9.47 Å². The van der Waals surface area contributed by atoms with Gasteiger partial charge in [-0.2, -0.15) is 0 Å². The van der Waals surface area contributed by atoms with Gasteiger partial charge in [-0.25, -0.2) is 4.79 Å². The van der Waals surface area contributed by atoms with Gasteiger partial charge in [-0.05, 0) is 24.3 Å². The van der Waals surface area contributed by atoms with Gasteiger partial charge < -0.3 is 19.7 Å². The van der Waals surface area contributed by atoms with E-state index in [1.54, 1.807) is 0 Å². The Morgan fingerprint density at radius 1 is 1.17 bits per heavy atom. The first-order chi connectivity index (χ1) is 10.8. The van der Waals surface area contributed by atoms with Crippen LogP contribution in [0.5, 0.6) is 0 Å². The van der Waals surface area contributed by atoms with Crippen LogP contribution in [0.4, 0.5) is 4.79 Å². The molecule has 0 aromatic heterocycles. The monoisotopic (exact) mass is 340 g/mol. The van der Waals surface area contributed by atoms with Gasteiger partial charge in [0, 0.05) is 26.2 Å². The quantitative estimate of drug-likeness (QED) is 0.894. The van der Waals surface area contributed by atoms with Crippen molar-refractivity contribution >= 4 is 18.5 Å². The highest BCUT2D eigenvalue weighted by Gasteiger charge is 2.25. The third kappa shape index (κ3) is 5.37. The van der Waals surface area contributed by atoms with Crippen LogP contribution in [0, 0.1) is 5.92 Å². The van der Waals surface area contributed by atoms with E-state index >= 15 is 0 Å². The minimum atomic E-state index is -0.202. The summed E-state index contributed by atoms with van der Waals surface area (Å²) in [5, 5.41) is 3.20. The lowest BCUT2D eigenvalue weighted by Gasteiger charge is -2.33. The Balaban J connectivity index is 0.00000192. The number of ether oxygens (including phenoxy) is 2. The van der Waals surface area contributed by atoms with Crippen molar-refractivity contribution < 1.29 is 14.3 Å². The summed E-state index contributed by atoms with van der Waals surface area (Å²) in [6, 6.07) is 9.79. The number of amides is 1. The molecule has 3 rings (SSSR count). The lowest BCUT2D eigenvalue weighted by atomic mass is 9.98. The number of nitrogens with one attached hydrogen (secondary N) is 1. The van der Waals surface area contributed by atoms with E-state index in [0.717, 1.165) is 51.2 Å². The smallest absolute Gasteiger partial charge is 0.410 e. The standard InChI is InChI=1S/C17H24N2O3.ClH/c20-17(22-13-14-4-2-1-3-5-14)19-8-6-15(7-9-19)12-21-16-10-18-11-16;/h1-5,15-16,18H,6-13H2;1H. The van der Waals surface area contributed by atoms with Crippen molar-refractivity contribution in [1.82, 2.24) is 10.2 Å². The lowest BCUT2D eigenvalue weighted by Crippen LogP contribution is -2.49. The number of likely N-dealkylation sites (tertiary alicyclic amines) is 1. The van der Waals surface area contributed by atoms with Gasteiger partial charge in [0.05, 0.1) is 12.7 Å². The van der Waals surface area contributed by atoms with Gasteiger partial charge in [0.1, 0.15) is 6.61 Å². The van der Waals surface area contributed by atoms with Crippen molar-refractivity contribution in [1.29, 1.82) is 0 Å². The van der Waals surface area contributed by atoms with Crippen LogP contribution in [-0.2, 0) is 16.1 Å². The normalized spacial score (nSPS) is 18.9. The van der Waals surface area contributed by atoms with Gasteiger partial charge in [0.25, 0.3) is 0 Å². The highest BCUT2D eigenvalue weighted by Crippen LogP contribution is 2.19. The maximum Gasteiger partial charge on any atom is 0.410 e. The highest BCUT2D eigenvalue weighted by atomic mass is 35.5. The molecule has 0 atom stereocenters. The maximum atomic E-state index is 12.1. The summed E-state index contributed by atoms with van der Waals surface area (Å²) in [7, 11) is 0. The number of rotatable bonds is 5. The number of carbonyl (C=O) groups is 1. The molecule has 2 aliphatic heterocycles. The number of carbonyl (C=O) groups excluding carboxylic acids is 1. The lowest BCUT2D eigenvalue weighted by molar-refractivity contribution is -0.0128. The molecule has 0 radical (unpaired) electrons. The van der Waals surface area contributed by atoms with Crippen molar-refractivity contribution in [2.24, 2.45) is 5.92 Å². The summed E-state index contributed by atoms with van der Waals surface area (Å²) in [6.07, 6.45) is 2.20. The molecule has 1 aromatic rings. The van der Waals surface area contributed by atoms with Gasteiger partial charge in [0.2, 0.25) is 0 Å². The minimum absolute atomic E-state index is 0. The van der Waals surface area contributed by atoms with Crippen molar-refractivity contribution in [3.05, 3.63) is 35.9 Å². The average molecular weight is 341 g/mol. The van der Waals surface area contributed by atoms with Crippen molar-refractivity contribution in [2.45, 2.75) is 25.6 Å². The van der Waals surface area contributed by atoms with Gasteiger partial charge in [-0.3, -0.25) is 0 Å². The summed E-state index contributed by atoms with van der Waals surface area (Å²) >= 11 is 0. The number of nitrogens with zero attached hydrogens (tertiary/aromatic N) is 1. The molecule has 6 heteroatoms. The number of hydrogen-bond donors (Lipinski definition) is 1. The number of piperidine rings is 1. The van der Waals surface area contributed by atoms with Gasteiger partial charge in [-0.1, -0.05) is 30.3 Å². The van der Waals surface area contributed by atoms with Crippen LogP contribution in [0.15, 0.2) is 30.3 Å². The van der Waals surface area contributed by atoms with Crippen molar-refractivity contribution in [2.75, 3.05) is 32.8 Å². The number of hydrogen-bond acceptors (Lipinski definition) is 4. The molecule has 0 saturated carbocycles. The summed E-state index contributed by atoms with van der Waals surface area (Å²) in [6.45, 7) is 4.65. The fourth-order valence-corrected chi connectivity index (χ4v) is 2.75.